The molecule has 8 rings (SSSR count). The lowest BCUT2D eigenvalue weighted by Crippen LogP contribution is -2.12. The summed E-state index contributed by atoms with van der Waals surface area (Å²) in [5, 5.41) is 15.3. The molecule has 0 atom stereocenters. The molecule has 0 aliphatic rings. The summed E-state index contributed by atoms with van der Waals surface area (Å²) in [7, 11) is 0. The van der Waals surface area contributed by atoms with Crippen LogP contribution in [0.5, 0.6) is 17.4 Å². The van der Waals surface area contributed by atoms with Crippen LogP contribution < -0.4 is 4.74 Å². The van der Waals surface area contributed by atoms with Crippen LogP contribution in [-0.4, -0.2) is 19.6 Å². The maximum Gasteiger partial charge on any atom is 0.219 e. The molecule has 0 aliphatic carbocycles. The van der Waals surface area contributed by atoms with E-state index in [2.05, 4.69) is 86.0 Å². The van der Waals surface area contributed by atoms with Crippen LogP contribution >= 0.6 is 11.3 Å². The van der Waals surface area contributed by atoms with Gasteiger partial charge in [-0.25, -0.2) is 9.97 Å². The predicted octanol–water partition coefficient (Wildman–Crippen LogP) is 10.4. The normalized spacial score (nSPS) is 12.1. The van der Waals surface area contributed by atoms with Crippen LogP contribution in [0.25, 0.3) is 59.1 Å². The zero-order valence-electron chi connectivity index (χ0n) is 24.6. The molecule has 0 aliphatic heterocycles. The van der Waals surface area contributed by atoms with Gasteiger partial charge in [-0.1, -0.05) is 63.2 Å². The van der Waals surface area contributed by atoms with Crippen LogP contribution in [0, 0.1) is 0 Å². The molecule has 0 unspecified atom stereocenters. The van der Waals surface area contributed by atoms with Gasteiger partial charge in [0.2, 0.25) is 5.88 Å². The topological polar surface area (TPSA) is 60.2 Å². The molecular weight excluding hydrogens is 563 g/mol. The number of hydrogen-bond donors (Lipinski definition) is 1. The average Bonchev–Trinajstić information content (AvgIpc) is 3.56. The molecule has 5 nitrogen and oxygen atoms in total. The minimum atomic E-state index is -0.0205. The fourth-order valence-corrected chi connectivity index (χ4v) is 7.27. The molecule has 0 spiro atoms. The number of phenolic OH excluding ortho intramolecular Hbond substituents is 1. The van der Waals surface area contributed by atoms with E-state index in [9.17, 15) is 5.11 Å². The molecule has 4 aromatic carbocycles. The summed E-state index contributed by atoms with van der Waals surface area (Å²) in [5.41, 5.74) is 4.62. The number of thiophene rings is 1. The van der Waals surface area contributed by atoms with Crippen molar-refractivity contribution < 1.29 is 9.84 Å². The lowest BCUT2D eigenvalue weighted by Gasteiger charge is -2.20. The summed E-state index contributed by atoms with van der Waals surface area (Å²) in [4.78, 5) is 9.58. The van der Waals surface area contributed by atoms with E-state index in [-0.39, 0.29) is 11.2 Å². The van der Waals surface area contributed by atoms with Gasteiger partial charge < -0.3 is 9.84 Å². The molecule has 1 N–H and O–H groups in total. The Labute approximate surface area is 258 Å². The number of fused-ring (bicyclic) bond motifs is 7. The number of nitrogens with zero attached hydrogens (tertiary/aromatic N) is 3. The Hall–Kier alpha value is -5.20. The van der Waals surface area contributed by atoms with Gasteiger partial charge in [-0.15, -0.1) is 11.3 Å². The first-order valence-electron chi connectivity index (χ1n) is 14.6. The predicted molar refractivity (Wildman–Crippen MR) is 182 cm³/mol. The number of phenols is 1. The first-order valence-corrected chi connectivity index (χ1v) is 15.5. The molecule has 44 heavy (non-hydrogen) atoms. The zero-order valence-corrected chi connectivity index (χ0v) is 25.4. The van der Waals surface area contributed by atoms with Crippen molar-refractivity contribution in [2.45, 2.75) is 26.2 Å². The van der Waals surface area contributed by atoms with Gasteiger partial charge in [0, 0.05) is 54.8 Å². The summed E-state index contributed by atoms with van der Waals surface area (Å²) in [5.74, 6) is 2.17. The van der Waals surface area contributed by atoms with Gasteiger partial charge in [0.25, 0.3) is 0 Å². The van der Waals surface area contributed by atoms with Crippen molar-refractivity contribution in [2.75, 3.05) is 0 Å². The second kappa shape index (κ2) is 9.93. The Morgan fingerprint density at radius 3 is 2.43 bits per heavy atom. The fourth-order valence-electron chi connectivity index (χ4n) is 6.01. The van der Waals surface area contributed by atoms with Gasteiger partial charge in [0.05, 0.1) is 16.7 Å². The van der Waals surface area contributed by atoms with Crippen LogP contribution in [-0.2, 0) is 5.41 Å². The van der Waals surface area contributed by atoms with E-state index in [4.69, 9.17) is 14.7 Å². The van der Waals surface area contributed by atoms with Gasteiger partial charge in [-0.05, 0) is 65.6 Å². The summed E-state index contributed by atoms with van der Waals surface area (Å²) in [6.07, 6.45) is 1.90. The second-order valence-electron chi connectivity index (χ2n) is 12.1. The zero-order chi connectivity index (χ0) is 30.0. The van der Waals surface area contributed by atoms with E-state index < -0.39 is 0 Å². The molecule has 8 aromatic rings. The van der Waals surface area contributed by atoms with Gasteiger partial charge in [0.1, 0.15) is 17.3 Å². The van der Waals surface area contributed by atoms with E-state index in [0.717, 1.165) is 22.2 Å². The number of pyridine rings is 2. The Morgan fingerprint density at radius 2 is 1.57 bits per heavy atom. The average molecular weight is 592 g/mol. The van der Waals surface area contributed by atoms with Crippen LogP contribution in [0.3, 0.4) is 0 Å². The highest BCUT2D eigenvalue weighted by atomic mass is 32.1. The van der Waals surface area contributed by atoms with Crippen LogP contribution in [0.15, 0.2) is 115 Å². The molecule has 0 bridgehead atoms. The Morgan fingerprint density at radius 1 is 0.750 bits per heavy atom. The van der Waals surface area contributed by atoms with Crippen molar-refractivity contribution >= 4 is 53.3 Å². The number of aromatic hydroxyl groups is 1. The summed E-state index contributed by atoms with van der Waals surface area (Å²) in [6.45, 7) is 6.67. The van der Waals surface area contributed by atoms with Gasteiger partial charge in [-0.2, -0.15) is 0 Å². The molecule has 4 aromatic heterocycles. The quantitative estimate of drug-likeness (QED) is 0.221. The van der Waals surface area contributed by atoms with Crippen molar-refractivity contribution in [2.24, 2.45) is 0 Å². The lowest BCUT2D eigenvalue weighted by molar-refractivity contribution is 0.463. The third kappa shape index (κ3) is 4.29. The van der Waals surface area contributed by atoms with Crippen LogP contribution in [0.4, 0.5) is 0 Å². The molecule has 0 saturated carbocycles. The first kappa shape index (κ1) is 26.4. The molecular formula is C38H29N3O2S. The Balaban J connectivity index is 1.34. The highest BCUT2D eigenvalue weighted by molar-refractivity contribution is 7.26. The monoisotopic (exact) mass is 591 g/mol. The largest absolute Gasteiger partial charge is 0.507 e. The molecule has 0 radical (unpaired) electrons. The number of hydrogen-bond acceptors (Lipinski definition) is 5. The van der Waals surface area contributed by atoms with Gasteiger partial charge >= 0.3 is 0 Å². The molecule has 214 valence electrons. The summed E-state index contributed by atoms with van der Waals surface area (Å²) < 4.78 is 11.2. The van der Waals surface area contributed by atoms with Gasteiger partial charge in [-0.3, -0.25) is 4.57 Å². The number of para-hydroxylation sites is 1. The summed E-state index contributed by atoms with van der Waals surface area (Å²) in [6, 6.07) is 36.4. The van der Waals surface area contributed by atoms with Gasteiger partial charge in [0.15, 0.2) is 0 Å². The number of ether oxygens (including phenoxy) is 1. The smallest absolute Gasteiger partial charge is 0.219 e. The fraction of sp³-hybridized carbons (Fsp3) is 0.105. The number of aromatic nitrogens is 3. The SMILES string of the molecule is CC(C)(C)c1ccnc(-n2c3cc(Oc4cccc(-c5ccccc5O)n4)ccc3c3c4sc5ccccc5c4ccc32)c1. The molecule has 0 amide bonds. The standard InChI is InChI=1S/C38H29N3O2S/c1-38(2,3)23-19-20-39-34(21-23)41-30-18-17-26-25-9-5-7-13-33(25)44-37(26)36(30)28-16-15-24(22-31(28)41)43-35-14-8-11-29(40-35)27-10-4-6-12-32(27)42/h4-22,42H,1-3H3. The van der Waals surface area contributed by atoms with Crippen molar-refractivity contribution in [3.05, 3.63) is 121 Å². The Kier molecular flexibility index (Phi) is 5.96. The summed E-state index contributed by atoms with van der Waals surface area (Å²) >= 11 is 1.83. The van der Waals surface area contributed by atoms with Crippen molar-refractivity contribution in [3.63, 3.8) is 0 Å². The van der Waals surface area contributed by atoms with Crippen LogP contribution in [0.2, 0.25) is 0 Å². The van der Waals surface area contributed by atoms with E-state index in [1.807, 2.05) is 53.9 Å². The van der Waals surface area contributed by atoms with Crippen LogP contribution in [0.1, 0.15) is 26.3 Å². The maximum atomic E-state index is 10.4. The molecule has 6 heteroatoms. The third-order valence-corrected chi connectivity index (χ3v) is 9.42. The van der Waals surface area contributed by atoms with E-state index in [1.54, 1.807) is 12.1 Å². The second-order valence-corrected chi connectivity index (χ2v) is 13.1. The maximum absolute atomic E-state index is 10.4. The lowest BCUT2D eigenvalue weighted by atomic mass is 9.88. The van der Waals surface area contributed by atoms with E-state index in [1.165, 1.54) is 31.1 Å². The molecule has 0 saturated heterocycles. The van der Waals surface area contributed by atoms with E-state index >= 15 is 0 Å². The van der Waals surface area contributed by atoms with Crippen molar-refractivity contribution in [3.8, 4) is 34.5 Å². The minimum Gasteiger partial charge on any atom is -0.507 e. The number of benzene rings is 4. The minimum absolute atomic E-state index is 0.0205. The molecule has 0 fully saturated rings. The first-order chi connectivity index (χ1) is 21.3. The highest BCUT2D eigenvalue weighted by Gasteiger charge is 2.21. The Bertz CT molecular complexity index is 2380. The molecule has 4 heterocycles. The highest BCUT2D eigenvalue weighted by Crippen LogP contribution is 2.44. The third-order valence-electron chi connectivity index (χ3n) is 8.21. The van der Waals surface area contributed by atoms with E-state index in [0.29, 0.717) is 22.9 Å². The number of rotatable bonds is 4. The van der Waals surface area contributed by atoms with Crippen molar-refractivity contribution in [1.82, 2.24) is 14.5 Å². The van der Waals surface area contributed by atoms with Crippen molar-refractivity contribution in [1.29, 1.82) is 0 Å².